The van der Waals surface area contributed by atoms with E-state index in [4.69, 9.17) is 32.7 Å². The van der Waals surface area contributed by atoms with Crippen LogP contribution in [0.1, 0.15) is 37.7 Å². The van der Waals surface area contributed by atoms with Gasteiger partial charge in [-0.05, 0) is 37.0 Å². The van der Waals surface area contributed by atoms with Crippen LogP contribution in [0.4, 0.5) is 0 Å². The summed E-state index contributed by atoms with van der Waals surface area (Å²) in [5.41, 5.74) is 0.929. The van der Waals surface area contributed by atoms with Crippen molar-refractivity contribution in [1.82, 2.24) is 5.32 Å². The molecule has 1 saturated heterocycles. The van der Waals surface area contributed by atoms with Gasteiger partial charge in [-0.25, -0.2) is 0 Å². The Bertz CT molecular complexity index is 573. The van der Waals surface area contributed by atoms with Crippen LogP contribution in [-0.4, -0.2) is 30.9 Å². The molecule has 23 heavy (non-hydrogen) atoms. The van der Waals surface area contributed by atoms with Gasteiger partial charge in [0, 0.05) is 22.9 Å². The minimum atomic E-state index is -0.605. The Balaban J connectivity index is 1.56. The summed E-state index contributed by atoms with van der Waals surface area (Å²) < 4.78 is 11.6. The standard InChI is InChI=1S/C17H21Cl2NO3/c18-13-6-4-12(14(19)11-13)5-7-16(21)20-15-3-1-2-8-17(15)22-9-10-23-17/h4,6,11,15H,1-3,5,7-10H2,(H,20,21)/t15-/m1/s1. The highest BCUT2D eigenvalue weighted by molar-refractivity contribution is 6.35. The molecule has 1 spiro atoms. The fourth-order valence-corrected chi connectivity index (χ4v) is 3.85. The minimum Gasteiger partial charge on any atom is -0.348 e. The molecule has 3 rings (SSSR count). The van der Waals surface area contributed by atoms with E-state index in [0.29, 0.717) is 36.1 Å². The van der Waals surface area contributed by atoms with Gasteiger partial charge in [0.15, 0.2) is 5.79 Å². The molecule has 0 radical (unpaired) electrons. The van der Waals surface area contributed by atoms with Crippen molar-refractivity contribution in [1.29, 1.82) is 0 Å². The molecule has 1 atom stereocenters. The molecule has 6 heteroatoms. The SMILES string of the molecule is O=C(CCc1ccc(Cl)cc1Cl)N[C@@H]1CCCCC12OCCO2. The Kier molecular flexibility index (Phi) is 5.47. The van der Waals surface area contributed by atoms with E-state index in [9.17, 15) is 4.79 Å². The predicted octanol–water partition coefficient (Wildman–Crippen LogP) is 3.73. The van der Waals surface area contributed by atoms with E-state index >= 15 is 0 Å². The van der Waals surface area contributed by atoms with Gasteiger partial charge in [0.25, 0.3) is 0 Å². The number of benzene rings is 1. The quantitative estimate of drug-likeness (QED) is 0.892. The lowest BCUT2D eigenvalue weighted by Crippen LogP contribution is -2.55. The van der Waals surface area contributed by atoms with Crippen molar-refractivity contribution in [2.24, 2.45) is 0 Å². The molecule has 1 aromatic rings. The molecule has 4 nitrogen and oxygen atoms in total. The number of hydrogen-bond acceptors (Lipinski definition) is 3. The number of ether oxygens (including phenoxy) is 2. The number of nitrogens with one attached hydrogen (secondary N) is 1. The summed E-state index contributed by atoms with van der Waals surface area (Å²) in [7, 11) is 0. The second-order valence-corrected chi connectivity index (χ2v) is 6.95. The third-order valence-corrected chi connectivity index (χ3v) is 5.13. The number of carbonyl (C=O) groups excluding carboxylic acids is 1. The maximum absolute atomic E-state index is 12.3. The number of aryl methyl sites for hydroxylation is 1. The molecular weight excluding hydrogens is 337 g/mol. The van der Waals surface area contributed by atoms with Crippen LogP contribution in [0, 0.1) is 0 Å². The lowest BCUT2D eigenvalue weighted by atomic mass is 9.88. The fourth-order valence-electron chi connectivity index (χ4n) is 3.35. The van der Waals surface area contributed by atoms with Crippen molar-refractivity contribution < 1.29 is 14.3 Å². The van der Waals surface area contributed by atoms with Gasteiger partial charge in [0.2, 0.25) is 5.91 Å². The average molecular weight is 358 g/mol. The second kappa shape index (κ2) is 7.39. The summed E-state index contributed by atoms with van der Waals surface area (Å²) in [6, 6.07) is 5.29. The highest BCUT2D eigenvalue weighted by Crippen LogP contribution is 2.36. The number of rotatable bonds is 4. The van der Waals surface area contributed by atoms with Gasteiger partial charge in [-0.1, -0.05) is 35.7 Å². The molecule has 2 fully saturated rings. The van der Waals surface area contributed by atoms with Crippen LogP contribution in [0.5, 0.6) is 0 Å². The number of halogens is 2. The Labute approximate surface area is 146 Å². The smallest absolute Gasteiger partial charge is 0.220 e. The maximum atomic E-state index is 12.3. The third kappa shape index (κ3) is 4.00. The molecule has 1 aromatic carbocycles. The number of hydrogen-bond donors (Lipinski definition) is 1. The van der Waals surface area contributed by atoms with E-state index in [1.54, 1.807) is 12.1 Å². The second-order valence-electron chi connectivity index (χ2n) is 6.11. The first-order valence-corrected chi connectivity index (χ1v) is 8.86. The Morgan fingerprint density at radius 2 is 2.04 bits per heavy atom. The van der Waals surface area contributed by atoms with Crippen LogP contribution in [0.15, 0.2) is 18.2 Å². The Hall–Kier alpha value is -0.810. The lowest BCUT2D eigenvalue weighted by molar-refractivity contribution is -0.196. The largest absolute Gasteiger partial charge is 0.348 e. The first-order chi connectivity index (χ1) is 11.1. The molecular formula is C17H21Cl2NO3. The van der Waals surface area contributed by atoms with Crippen molar-refractivity contribution in [3.8, 4) is 0 Å². The average Bonchev–Trinajstić information content (AvgIpc) is 2.98. The van der Waals surface area contributed by atoms with Gasteiger partial charge in [-0.15, -0.1) is 0 Å². The topological polar surface area (TPSA) is 47.6 Å². The molecule has 0 aromatic heterocycles. The first kappa shape index (κ1) is 17.0. The fraction of sp³-hybridized carbons (Fsp3) is 0.588. The van der Waals surface area contributed by atoms with Gasteiger partial charge < -0.3 is 14.8 Å². The summed E-state index contributed by atoms with van der Waals surface area (Å²) >= 11 is 12.0. The highest BCUT2D eigenvalue weighted by atomic mass is 35.5. The van der Waals surface area contributed by atoms with Crippen molar-refractivity contribution >= 4 is 29.1 Å². The van der Waals surface area contributed by atoms with Crippen molar-refractivity contribution in [2.45, 2.75) is 50.4 Å². The normalized spacial score (nSPS) is 23.1. The van der Waals surface area contributed by atoms with E-state index in [1.165, 1.54) is 0 Å². The van der Waals surface area contributed by atoms with E-state index < -0.39 is 5.79 Å². The Morgan fingerprint density at radius 1 is 1.26 bits per heavy atom. The predicted molar refractivity (Wildman–Crippen MR) is 89.8 cm³/mol. The zero-order valence-electron chi connectivity index (χ0n) is 12.9. The zero-order chi connectivity index (χ0) is 16.3. The first-order valence-electron chi connectivity index (χ1n) is 8.10. The molecule has 2 aliphatic rings. The summed E-state index contributed by atoms with van der Waals surface area (Å²) in [5.74, 6) is -0.604. The summed E-state index contributed by atoms with van der Waals surface area (Å²) in [4.78, 5) is 12.3. The molecule has 1 N–H and O–H groups in total. The van der Waals surface area contributed by atoms with Gasteiger partial charge in [0.05, 0.1) is 19.3 Å². The van der Waals surface area contributed by atoms with Crippen LogP contribution in [0.3, 0.4) is 0 Å². The molecule has 126 valence electrons. The molecule has 1 aliphatic heterocycles. The highest BCUT2D eigenvalue weighted by Gasteiger charge is 2.46. The third-order valence-electron chi connectivity index (χ3n) is 4.55. The van der Waals surface area contributed by atoms with Crippen LogP contribution in [0.25, 0.3) is 0 Å². The summed E-state index contributed by atoms with van der Waals surface area (Å²) in [6.07, 6.45) is 4.88. The maximum Gasteiger partial charge on any atom is 0.220 e. The van der Waals surface area contributed by atoms with Crippen LogP contribution in [0.2, 0.25) is 10.0 Å². The van der Waals surface area contributed by atoms with Crippen molar-refractivity contribution in [2.75, 3.05) is 13.2 Å². The monoisotopic (exact) mass is 357 g/mol. The van der Waals surface area contributed by atoms with Gasteiger partial charge >= 0.3 is 0 Å². The number of carbonyl (C=O) groups is 1. The van der Waals surface area contributed by atoms with E-state index in [1.807, 2.05) is 6.07 Å². The molecule has 1 heterocycles. The van der Waals surface area contributed by atoms with Gasteiger partial charge in [0.1, 0.15) is 0 Å². The van der Waals surface area contributed by atoms with Crippen molar-refractivity contribution in [3.05, 3.63) is 33.8 Å². The van der Waals surface area contributed by atoms with Gasteiger partial charge in [-0.3, -0.25) is 4.79 Å². The lowest BCUT2D eigenvalue weighted by Gasteiger charge is -2.39. The molecule has 0 bridgehead atoms. The molecule has 1 saturated carbocycles. The van der Waals surface area contributed by atoms with Crippen molar-refractivity contribution in [3.63, 3.8) is 0 Å². The minimum absolute atomic E-state index is 0.00129. The summed E-state index contributed by atoms with van der Waals surface area (Å²) in [5, 5.41) is 4.29. The van der Waals surface area contributed by atoms with E-state index in [0.717, 1.165) is 31.2 Å². The zero-order valence-corrected chi connectivity index (χ0v) is 14.5. The molecule has 1 aliphatic carbocycles. The van der Waals surface area contributed by atoms with E-state index in [2.05, 4.69) is 5.32 Å². The van der Waals surface area contributed by atoms with Crippen LogP contribution in [-0.2, 0) is 20.7 Å². The summed E-state index contributed by atoms with van der Waals surface area (Å²) in [6.45, 7) is 1.21. The number of amides is 1. The van der Waals surface area contributed by atoms with Crippen LogP contribution < -0.4 is 5.32 Å². The Morgan fingerprint density at radius 3 is 2.78 bits per heavy atom. The molecule has 1 amide bonds. The van der Waals surface area contributed by atoms with E-state index in [-0.39, 0.29) is 11.9 Å². The molecule has 0 unspecified atom stereocenters. The van der Waals surface area contributed by atoms with Gasteiger partial charge in [-0.2, -0.15) is 0 Å². The van der Waals surface area contributed by atoms with Crippen LogP contribution >= 0.6 is 23.2 Å².